The molecule has 0 aliphatic carbocycles. The number of halogens is 1. The number of rotatable bonds is 2. The molecular formula is C3H6ClNaO3S. The van der Waals surface area contributed by atoms with Gasteiger partial charge < -0.3 is 1.43 Å². The summed E-state index contributed by atoms with van der Waals surface area (Å²) in [6, 6.07) is 0. The van der Waals surface area contributed by atoms with E-state index in [-0.39, 0.29) is 31.0 Å². The van der Waals surface area contributed by atoms with Crippen molar-refractivity contribution in [2.75, 3.05) is 0 Å². The summed E-state index contributed by atoms with van der Waals surface area (Å²) in [5.41, 5.74) is 0. The van der Waals surface area contributed by atoms with Gasteiger partial charge in [0.15, 0.2) is 4.71 Å². The van der Waals surface area contributed by atoms with Gasteiger partial charge in [0, 0.05) is 0 Å². The first-order chi connectivity index (χ1) is 3.48. The number of hydrogen-bond acceptors (Lipinski definition) is 2. The van der Waals surface area contributed by atoms with E-state index in [1.54, 1.807) is 0 Å². The van der Waals surface area contributed by atoms with E-state index < -0.39 is 14.8 Å². The maximum atomic E-state index is 9.91. The van der Waals surface area contributed by atoms with Crippen LogP contribution in [0.5, 0.6) is 0 Å². The van der Waals surface area contributed by atoms with Crippen molar-refractivity contribution in [3.8, 4) is 0 Å². The fourth-order valence-electron chi connectivity index (χ4n) is 0.122. The zero-order valence-corrected chi connectivity index (χ0v) is 8.48. The standard InChI is InChI=1S/C3H5ClO3S.Na.H/c1-2-3(4)8(5,6)7;;/h2-3H,1H2,(H,5,6,7);;/q;+1;-1. The third kappa shape index (κ3) is 5.39. The molecule has 0 saturated carbocycles. The molecule has 0 aromatic heterocycles. The molecule has 1 N–H and O–H groups in total. The summed E-state index contributed by atoms with van der Waals surface area (Å²) < 4.78 is 26.5. The number of hydrogen-bond donors (Lipinski definition) is 1. The first-order valence-electron chi connectivity index (χ1n) is 1.71. The Balaban J connectivity index is -0.000000245. The minimum atomic E-state index is -4.11. The molecule has 1 unspecified atom stereocenters. The third-order valence-electron chi connectivity index (χ3n) is 0.470. The summed E-state index contributed by atoms with van der Waals surface area (Å²) >= 11 is 4.99. The van der Waals surface area contributed by atoms with Crippen molar-refractivity contribution in [1.82, 2.24) is 0 Å². The van der Waals surface area contributed by atoms with Gasteiger partial charge in [-0.1, -0.05) is 17.7 Å². The fraction of sp³-hybridized carbons (Fsp3) is 0.333. The molecule has 6 heteroatoms. The molecule has 0 aromatic carbocycles. The first kappa shape index (κ1) is 12.6. The van der Waals surface area contributed by atoms with Gasteiger partial charge in [0.2, 0.25) is 0 Å². The normalized spacial score (nSPS) is 13.6. The molecule has 0 saturated heterocycles. The average molecular weight is 181 g/mol. The maximum Gasteiger partial charge on any atom is 1.00 e. The van der Waals surface area contributed by atoms with Crippen LogP contribution in [-0.4, -0.2) is 17.7 Å². The van der Waals surface area contributed by atoms with Crippen molar-refractivity contribution in [3.05, 3.63) is 12.7 Å². The van der Waals surface area contributed by atoms with Crippen molar-refractivity contribution in [3.63, 3.8) is 0 Å². The summed E-state index contributed by atoms with van der Waals surface area (Å²) in [6.07, 6.45) is 0.927. The summed E-state index contributed by atoms with van der Waals surface area (Å²) in [5, 5.41) is 0. The van der Waals surface area contributed by atoms with E-state index in [2.05, 4.69) is 6.58 Å². The van der Waals surface area contributed by atoms with E-state index in [9.17, 15) is 8.42 Å². The van der Waals surface area contributed by atoms with Gasteiger partial charge >= 0.3 is 29.6 Å². The molecule has 0 spiro atoms. The van der Waals surface area contributed by atoms with Crippen LogP contribution in [-0.2, 0) is 10.1 Å². The van der Waals surface area contributed by atoms with Gasteiger partial charge in [-0.25, -0.2) is 0 Å². The van der Waals surface area contributed by atoms with Crippen molar-refractivity contribution >= 4 is 21.7 Å². The second-order valence-corrected chi connectivity index (χ2v) is 3.37. The molecule has 0 aliphatic heterocycles. The van der Waals surface area contributed by atoms with Crippen LogP contribution in [0.3, 0.4) is 0 Å². The van der Waals surface area contributed by atoms with E-state index in [0.29, 0.717) is 0 Å². The molecule has 0 radical (unpaired) electrons. The van der Waals surface area contributed by atoms with Gasteiger partial charge in [0.25, 0.3) is 10.1 Å². The first-order valence-corrected chi connectivity index (χ1v) is 3.65. The van der Waals surface area contributed by atoms with E-state index in [4.69, 9.17) is 16.2 Å². The Kier molecular flexibility index (Phi) is 6.59. The minimum absolute atomic E-state index is 0. The molecule has 1 atom stereocenters. The molecular weight excluding hydrogens is 175 g/mol. The summed E-state index contributed by atoms with van der Waals surface area (Å²) in [7, 11) is -4.11. The second-order valence-electron chi connectivity index (χ2n) is 1.10. The maximum absolute atomic E-state index is 9.91. The number of alkyl halides is 1. The smallest absolute Gasteiger partial charge is 1.00 e. The Morgan fingerprint density at radius 1 is 1.78 bits per heavy atom. The third-order valence-corrected chi connectivity index (χ3v) is 2.09. The van der Waals surface area contributed by atoms with Crippen LogP contribution in [0.15, 0.2) is 12.7 Å². The van der Waals surface area contributed by atoms with Crippen molar-refractivity contribution in [2.45, 2.75) is 4.71 Å². The molecule has 0 heterocycles. The van der Waals surface area contributed by atoms with Gasteiger partial charge in [0.05, 0.1) is 0 Å². The molecule has 0 bridgehead atoms. The van der Waals surface area contributed by atoms with E-state index in [0.717, 1.165) is 6.08 Å². The van der Waals surface area contributed by atoms with Crippen LogP contribution in [0.2, 0.25) is 0 Å². The van der Waals surface area contributed by atoms with Crippen LogP contribution in [0, 0.1) is 0 Å². The Bertz CT molecular complexity index is 180. The summed E-state index contributed by atoms with van der Waals surface area (Å²) in [5.74, 6) is 0. The van der Waals surface area contributed by atoms with Crippen LogP contribution in [0.1, 0.15) is 1.43 Å². The Labute approximate surface area is 82.6 Å². The van der Waals surface area contributed by atoms with Gasteiger partial charge in [-0.3, -0.25) is 4.55 Å². The van der Waals surface area contributed by atoms with Crippen LogP contribution in [0.25, 0.3) is 0 Å². The van der Waals surface area contributed by atoms with Crippen molar-refractivity contribution in [1.29, 1.82) is 0 Å². The molecule has 9 heavy (non-hydrogen) atoms. The summed E-state index contributed by atoms with van der Waals surface area (Å²) in [4.78, 5) is 0. The molecule has 0 amide bonds. The zero-order valence-electron chi connectivity index (χ0n) is 5.91. The quantitative estimate of drug-likeness (QED) is 0.226. The molecule has 3 nitrogen and oxygen atoms in total. The van der Waals surface area contributed by atoms with Crippen LogP contribution < -0.4 is 29.6 Å². The van der Waals surface area contributed by atoms with Gasteiger partial charge in [-0.05, 0) is 0 Å². The van der Waals surface area contributed by atoms with E-state index >= 15 is 0 Å². The van der Waals surface area contributed by atoms with E-state index in [1.165, 1.54) is 0 Å². The summed E-state index contributed by atoms with van der Waals surface area (Å²) in [6.45, 7) is 3.06. The fourth-order valence-corrected chi connectivity index (χ4v) is 0.365. The van der Waals surface area contributed by atoms with Gasteiger partial charge in [-0.15, -0.1) is 6.58 Å². The molecule has 0 fully saturated rings. The van der Waals surface area contributed by atoms with Crippen molar-refractivity contribution in [2.24, 2.45) is 0 Å². The zero-order chi connectivity index (χ0) is 6.78. The Morgan fingerprint density at radius 2 is 2.11 bits per heavy atom. The largest absolute Gasteiger partial charge is 1.00 e. The monoisotopic (exact) mass is 180 g/mol. The van der Waals surface area contributed by atoms with E-state index in [1.807, 2.05) is 0 Å². The van der Waals surface area contributed by atoms with Gasteiger partial charge in [0.1, 0.15) is 0 Å². The molecule has 0 aliphatic rings. The predicted molar refractivity (Wildman–Crippen MR) is 32.5 cm³/mol. The van der Waals surface area contributed by atoms with Gasteiger partial charge in [-0.2, -0.15) is 8.42 Å². The van der Waals surface area contributed by atoms with Crippen LogP contribution >= 0.6 is 11.6 Å². The average Bonchev–Trinajstić information content (AvgIpc) is 1.62. The Morgan fingerprint density at radius 3 is 2.11 bits per heavy atom. The topological polar surface area (TPSA) is 54.4 Å². The molecule has 0 aromatic rings. The predicted octanol–water partition coefficient (Wildman–Crippen LogP) is -2.26. The van der Waals surface area contributed by atoms with Crippen molar-refractivity contribution < 1.29 is 44.0 Å². The minimum Gasteiger partial charge on any atom is -1.00 e. The molecule has 0 rings (SSSR count). The second kappa shape index (κ2) is 4.71. The SMILES string of the molecule is C=CC(Cl)S(=O)(=O)O.[H-].[Na+]. The Hall–Kier alpha value is 0.940. The van der Waals surface area contributed by atoms with Crippen LogP contribution in [0.4, 0.5) is 0 Å². The molecule has 50 valence electrons.